The van der Waals surface area contributed by atoms with Crippen LogP contribution in [-0.2, 0) is 11.2 Å². The summed E-state index contributed by atoms with van der Waals surface area (Å²) in [4.78, 5) is 11.7. The summed E-state index contributed by atoms with van der Waals surface area (Å²) >= 11 is 1.57. The maximum Gasteiger partial charge on any atom is 0.393 e. The van der Waals surface area contributed by atoms with E-state index in [1.807, 2.05) is 61.5 Å². The number of hydrogen-bond donors (Lipinski definition) is 1. The zero-order chi connectivity index (χ0) is 23.8. The van der Waals surface area contributed by atoms with Crippen molar-refractivity contribution >= 4 is 23.3 Å². The number of ether oxygens (including phenoxy) is 1. The summed E-state index contributed by atoms with van der Waals surface area (Å²) in [5.41, 5.74) is 3.58. The Morgan fingerprint density at radius 2 is 1.73 bits per heavy atom. The van der Waals surface area contributed by atoms with E-state index >= 15 is 0 Å². The van der Waals surface area contributed by atoms with E-state index in [4.69, 9.17) is 9.84 Å². The van der Waals surface area contributed by atoms with Crippen LogP contribution in [0.2, 0.25) is 0 Å². The minimum absolute atomic E-state index is 0.224. The van der Waals surface area contributed by atoms with Crippen LogP contribution < -0.4 is 4.74 Å². The lowest BCUT2D eigenvalue weighted by Gasteiger charge is -2.12. The molecule has 0 radical (unpaired) electrons. The highest BCUT2D eigenvalue weighted by atomic mass is 32.2. The van der Waals surface area contributed by atoms with E-state index in [2.05, 4.69) is 0 Å². The molecule has 3 rings (SSSR count). The van der Waals surface area contributed by atoms with Crippen molar-refractivity contribution in [2.45, 2.75) is 24.4 Å². The minimum Gasteiger partial charge on any atom is -0.482 e. The number of aryl methyl sites for hydroxylation is 1. The molecule has 0 aliphatic rings. The highest BCUT2D eigenvalue weighted by Gasteiger charge is 2.27. The fraction of sp³-hybridized carbons (Fsp3) is 0.192. The van der Waals surface area contributed by atoms with Crippen molar-refractivity contribution in [2.75, 3.05) is 12.4 Å². The van der Waals surface area contributed by atoms with E-state index in [-0.39, 0.29) is 5.56 Å². The first-order valence-electron chi connectivity index (χ1n) is 10.2. The first-order chi connectivity index (χ1) is 15.7. The van der Waals surface area contributed by atoms with Crippen molar-refractivity contribution in [3.05, 3.63) is 101 Å². The van der Waals surface area contributed by atoms with Crippen molar-refractivity contribution in [2.24, 2.45) is 0 Å². The molecule has 0 heterocycles. The first kappa shape index (κ1) is 24.5. The second-order valence-corrected chi connectivity index (χ2v) is 8.49. The predicted molar refractivity (Wildman–Crippen MR) is 125 cm³/mol. The molecule has 0 bridgehead atoms. The average Bonchev–Trinajstić information content (AvgIpc) is 2.75. The zero-order valence-electron chi connectivity index (χ0n) is 17.9. The molecule has 33 heavy (non-hydrogen) atoms. The van der Waals surface area contributed by atoms with Gasteiger partial charge in [0.1, 0.15) is 5.75 Å². The van der Waals surface area contributed by atoms with Crippen LogP contribution in [0.4, 0.5) is 13.2 Å². The van der Waals surface area contributed by atoms with E-state index in [1.165, 1.54) is 6.07 Å². The van der Waals surface area contributed by atoms with Gasteiger partial charge >= 0.3 is 12.1 Å². The number of carboxylic acids is 1. The molecule has 7 heteroatoms. The molecule has 3 nitrogen and oxygen atoms in total. The molecule has 0 saturated heterocycles. The monoisotopic (exact) mass is 472 g/mol. The Hall–Kier alpha value is -3.19. The van der Waals surface area contributed by atoms with Gasteiger partial charge in [-0.15, -0.1) is 11.8 Å². The van der Waals surface area contributed by atoms with Crippen LogP contribution in [-0.4, -0.2) is 29.6 Å². The molecule has 3 aromatic carbocycles. The molecule has 0 fully saturated rings. The van der Waals surface area contributed by atoms with Gasteiger partial charge in [-0.3, -0.25) is 0 Å². The number of carboxylic acid groups (broad SMARTS) is 1. The molecule has 1 N–H and O–H groups in total. The fourth-order valence-electron chi connectivity index (χ4n) is 3.33. The van der Waals surface area contributed by atoms with Crippen molar-refractivity contribution < 1.29 is 27.8 Å². The molecule has 0 atom stereocenters. The molecule has 0 aliphatic heterocycles. The number of halogens is 3. The Morgan fingerprint density at radius 3 is 2.39 bits per heavy atom. The van der Waals surface area contributed by atoms with Gasteiger partial charge in [-0.05, 0) is 52.9 Å². The van der Waals surface area contributed by atoms with E-state index in [1.54, 1.807) is 30.0 Å². The van der Waals surface area contributed by atoms with Gasteiger partial charge in [0.15, 0.2) is 6.61 Å². The Balaban J connectivity index is 1.80. The zero-order valence-corrected chi connectivity index (χ0v) is 18.7. The Kier molecular flexibility index (Phi) is 8.22. The van der Waals surface area contributed by atoms with Crippen LogP contribution in [0.5, 0.6) is 5.75 Å². The van der Waals surface area contributed by atoms with E-state index in [0.29, 0.717) is 11.5 Å². The minimum atomic E-state index is -4.26. The third-order valence-electron chi connectivity index (χ3n) is 4.76. The van der Waals surface area contributed by atoms with E-state index in [9.17, 15) is 18.0 Å². The molecular weight excluding hydrogens is 449 g/mol. The Morgan fingerprint density at radius 1 is 1.00 bits per heavy atom. The molecule has 0 aromatic heterocycles. The number of alkyl halides is 3. The molecular formula is C26H23F3O3S. The lowest BCUT2D eigenvalue weighted by atomic mass is 9.95. The number of aliphatic carboxylic acids is 1. The van der Waals surface area contributed by atoms with E-state index in [0.717, 1.165) is 27.2 Å². The number of hydrogen-bond acceptors (Lipinski definition) is 3. The lowest BCUT2D eigenvalue weighted by molar-refractivity contribution is -0.139. The smallest absolute Gasteiger partial charge is 0.393 e. The third-order valence-corrected chi connectivity index (χ3v) is 5.68. The predicted octanol–water partition coefficient (Wildman–Crippen LogP) is 6.79. The SMILES string of the molecule is Cc1cc(SCC=C(c2ccccc2)c2cccc(CC(F)(F)F)c2)ccc1OCC(=O)O. The summed E-state index contributed by atoms with van der Waals surface area (Å²) in [6.07, 6.45) is -3.21. The largest absolute Gasteiger partial charge is 0.482 e. The first-order valence-corrected chi connectivity index (χ1v) is 11.2. The summed E-state index contributed by atoms with van der Waals surface area (Å²) in [6, 6.07) is 21.6. The van der Waals surface area contributed by atoms with Crippen LogP contribution >= 0.6 is 11.8 Å². The van der Waals surface area contributed by atoms with E-state index < -0.39 is 25.2 Å². The second-order valence-electron chi connectivity index (χ2n) is 7.40. The van der Waals surface area contributed by atoms with Gasteiger partial charge < -0.3 is 9.84 Å². The topological polar surface area (TPSA) is 46.5 Å². The number of thioether (sulfide) groups is 1. The maximum absolute atomic E-state index is 12.9. The fourth-order valence-corrected chi connectivity index (χ4v) is 4.20. The van der Waals surface area contributed by atoms with Gasteiger partial charge in [0.25, 0.3) is 0 Å². The van der Waals surface area contributed by atoms with Crippen molar-refractivity contribution in [3.8, 4) is 5.75 Å². The van der Waals surface area contributed by atoms with Gasteiger partial charge in [-0.2, -0.15) is 13.2 Å². The quantitative estimate of drug-likeness (QED) is 0.349. The Bertz CT molecular complexity index is 1130. The molecule has 172 valence electrons. The lowest BCUT2D eigenvalue weighted by Crippen LogP contribution is -2.11. The van der Waals surface area contributed by atoms with Crippen LogP contribution in [0.15, 0.2) is 83.8 Å². The van der Waals surface area contributed by atoms with Gasteiger partial charge in [-0.1, -0.05) is 60.7 Å². The van der Waals surface area contributed by atoms with Gasteiger partial charge in [0, 0.05) is 10.6 Å². The summed E-state index contributed by atoms with van der Waals surface area (Å²) in [6.45, 7) is 1.45. The van der Waals surface area contributed by atoms with Crippen LogP contribution in [0.1, 0.15) is 22.3 Å². The van der Waals surface area contributed by atoms with Crippen molar-refractivity contribution in [1.29, 1.82) is 0 Å². The maximum atomic E-state index is 12.9. The highest BCUT2D eigenvalue weighted by molar-refractivity contribution is 7.99. The van der Waals surface area contributed by atoms with Crippen LogP contribution in [0.25, 0.3) is 5.57 Å². The van der Waals surface area contributed by atoms with Crippen LogP contribution in [0, 0.1) is 6.92 Å². The van der Waals surface area contributed by atoms with Gasteiger partial charge in [0.05, 0.1) is 6.42 Å². The molecule has 0 unspecified atom stereocenters. The molecule has 0 saturated carbocycles. The van der Waals surface area contributed by atoms with Crippen molar-refractivity contribution in [1.82, 2.24) is 0 Å². The molecule has 3 aromatic rings. The van der Waals surface area contributed by atoms with Gasteiger partial charge in [0.2, 0.25) is 0 Å². The number of rotatable bonds is 9. The number of carbonyl (C=O) groups is 1. The standard InChI is InChI=1S/C26H23F3O3S/c1-18-14-22(10-11-24(18)32-17-25(30)31)33-13-12-23(20-7-3-2-4-8-20)21-9-5-6-19(15-21)16-26(27,28)29/h2-12,14-15H,13,16-17H2,1H3,(H,30,31). The van der Waals surface area contributed by atoms with Crippen molar-refractivity contribution in [3.63, 3.8) is 0 Å². The molecule has 0 amide bonds. The highest BCUT2D eigenvalue weighted by Crippen LogP contribution is 2.30. The number of benzene rings is 3. The summed E-state index contributed by atoms with van der Waals surface area (Å²) in [7, 11) is 0. The molecule has 0 spiro atoms. The summed E-state index contributed by atoms with van der Waals surface area (Å²) in [5, 5.41) is 8.76. The average molecular weight is 473 g/mol. The second kappa shape index (κ2) is 11.1. The van der Waals surface area contributed by atoms with Gasteiger partial charge in [-0.25, -0.2) is 4.79 Å². The molecule has 0 aliphatic carbocycles. The normalized spacial score (nSPS) is 11.9. The summed E-state index contributed by atoms with van der Waals surface area (Å²) < 4.78 is 43.9. The summed E-state index contributed by atoms with van der Waals surface area (Å²) in [5.74, 6) is 0.0807. The van der Waals surface area contributed by atoms with Crippen LogP contribution in [0.3, 0.4) is 0 Å². The Labute approximate surface area is 194 Å². The third kappa shape index (κ3) is 7.71.